The Kier molecular flexibility index (Phi) is 6.76. The van der Waals surface area contributed by atoms with Crippen LogP contribution >= 0.6 is 0 Å². The van der Waals surface area contributed by atoms with E-state index in [1.54, 1.807) is 0 Å². The first kappa shape index (κ1) is 15.7. The average molecular weight is 283 g/mol. The third-order valence-corrected chi connectivity index (χ3v) is 4.19. The standard InChI is InChI=1S/C15H29N3O2/c1-2-3-7-17(12-14-5-4-6-16-14)13-15(19)18-8-10-20-11-9-18/h14,16H,2-13H2,1H3. The Morgan fingerprint density at radius 3 is 2.85 bits per heavy atom. The summed E-state index contributed by atoms with van der Waals surface area (Å²) in [7, 11) is 0. The molecule has 0 aliphatic carbocycles. The lowest BCUT2D eigenvalue weighted by Crippen LogP contribution is -2.48. The largest absolute Gasteiger partial charge is 0.378 e. The van der Waals surface area contributed by atoms with Crippen LogP contribution in [0.2, 0.25) is 0 Å². The first-order chi connectivity index (χ1) is 9.79. The molecule has 1 unspecified atom stereocenters. The number of amides is 1. The van der Waals surface area contributed by atoms with Crippen LogP contribution in [0.5, 0.6) is 0 Å². The van der Waals surface area contributed by atoms with E-state index in [4.69, 9.17) is 4.74 Å². The van der Waals surface area contributed by atoms with Crippen molar-refractivity contribution in [2.45, 2.75) is 38.6 Å². The SMILES string of the molecule is CCCCN(CC(=O)N1CCOCC1)CC1CCCN1. The summed E-state index contributed by atoms with van der Waals surface area (Å²) in [4.78, 5) is 16.6. The van der Waals surface area contributed by atoms with Gasteiger partial charge in [-0.25, -0.2) is 0 Å². The fraction of sp³-hybridized carbons (Fsp3) is 0.933. The van der Waals surface area contributed by atoms with Crippen LogP contribution in [-0.4, -0.2) is 74.2 Å². The molecule has 2 fully saturated rings. The lowest BCUT2D eigenvalue weighted by atomic mass is 10.2. The normalized spacial score (nSPS) is 23.5. The van der Waals surface area contributed by atoms with Crippen LogP contribution in [0.25, 0.3) is 0 Å². The van der Waals surface area contributed by atoms with Gasteiger partial charge in [0, 0.05) is 25.7 Å². The topological polar surface area (TPSA) is 44.8 Å². The Morgan fingerprint density at radius 2 is 2.20 bits per heavy atom. The molecule has 1 N–H and O–H groups in total. The maximum Gasteiger partial charge on any atom is 0.236 e. The number of nitrogens with zero attached hydrogens (tertiary/aromatic N) is 2. The zero-order valence-corrected chi connectivity index (χ0v) is 12.8. The van der Waals surface area contributed by atoms with Crippen LogP contribution in [0.3, 0.4) is 0 Å². The highest BCUT2D eigenvalue weighted by molar-refractivity contribution is 5.78. The minimum atomic E-state index is 0.266. The maximum absolute atomic E-state index is 12.4. The van der Waals surface area contributed by atoms with Gasteiger partial charge in [0.1, 0.15) is 0 Å². The van der Waals surface area contributed by atoms with E-state index >= 15 is 0 Å². The van der Waals surface area contributed by atoms with E-state index in [9.17, 15) is 4.79 Å². The molecule has 0 saturated carbocycles. The highest BCUT2D eigenvalue weighted by Crippen LogP contribution is 2.09. The first-order valence-corrected chi connectivity index (χ1v) is 8.11. The molecule has 2 heterocycles. The van der Waals surface area contributed by atoms with Crippen LogP contribution in [-0.2, 0) is 9.53 Å². The second kappa shape index (κ2) is 8.60. The van der Waals surface area contributed by atoms with Gasteiger partial charge in [-0.3, -0.25) is 9.69 Å². The zero-order chi connectivity index (χ0) is 14.2. The monoisotopic (exact) mass is 283 g/mol. The average Bonchev–Trinajstić information content (AvgIpc) is 2.98. The predicted octanol–water partition coefficient (Wildman–Crippen LogP) is 0.699. The summed E-state index contributed by atoms with van der Waals surface area (Å²) in [5.74, 6) is 0.266. The highest BCUT2D eigenvalue weighted by Gasteiger charge is 2.22. The number of nitrogens with one attached hydrogen (secondary N) is 1. The van der Waals surface area contributed by atoms with Crippen LogP contribution in [0, 0.1) is 0 Å². The quantitative estimate of drug-likeness (QED) is 0.747. The molecule has 2 aliphatic rings. The number of carbonyl (C=O) groups is 1. The van der Waals surface area contributed by atoms with Crippen molar-refractivity contribution in [2.75, 3.05) is 52.5 Å². The van der Waals surface area contributed by atoms with Gasteiger partial charge in [-0.2, -0.15) is 0 Å². The summed E-state index contributed by atoms with van der Waals surface area (Å²) < 4.78 is 5.31. The number of unbranched alkanes of at least 4 members (excludes halogenated alkanes) is 1. The van der Waals surface area contributed by atoms with Gasteiger partial charge in [0.2, 0.25) is 5.91 Å². The molecule has 1 atom stereocenters. The van der Waals surface area contributed by atoms with Gasteiger partial charge in [0.05, 0.1) is 19.8 Å². The minimum Gasteiger partial charge on any atom is -0.378 e. The van der Waals surface area contributed by atoms with Gasteiger partial charge in [0.15, 0.2) is 0 Å². The molecule has 0 bridgehead atoms. The molecule has 2 saturated heterocycles. The molecular weight excluding hydrogens is 254 g/mol. The van der Waals surface area contributed by atoms with Gasteiger partial charge in [-0.15, -0.1) is 0 Å². The summed E-state index contributed by atoms with van der Waals surface area (Å²) in [5, 5.41) is 3.53. The first-order valence-electron chi connectivity index (χ1n) is 8.11. The fourth-order valence-electron chi connectivity index (χ4n) is 2.94. The maximum atomic E-state index is 12.4. The molecule has 0 aromatic heterocycles. The van der Waals surface area contributed by atoms with E-state index in [0.29, 0.717) is 25.8 Å². The summed E-state index contributed by atoms with van der Waals surface area (Å²) in [6.45, 7) is 8.82. The van der Waals surface area contributed by atoms with Crippen LogP contribution in [0.15, 0.2) is 0 Å². The van der Waals surface area contributed by atoms with Crippen molar-refractivity contribution in [3.63, 3.8) is 0 Å². The van der Waals surface area contributed by atoms with Crippen molar-refractivity contribution in [3.05, 3.63) is 0 Å². The van der Waals surface area contributed by atoms with E-state index in [1.165, 1.54) is 25.7 Å². The molecule has 2 rings (SSSR count). The smallest absolute Gasteiger partial charge is 0.236 e. The Balaban J connectivity index is 1.79. The third-order valence-electron chi connectivity index (χ3n) is 4.19. The van der Waals surface area contributed by atoms with Crippen LogP contribution in [0.4, 0.5) is 0 Å². The van der Waals surface area contributed by atoms with Crippen LogP contribution in [0.1, 0.15) is 32.6 Å². The zero-order valence-electron chi connectivity index (χ0n) is 12.8. The van der Waals surface area contributed by atoms with Gasteiger partial charge in [-0.05, 0) is 32.4 Å². The van der Waals surface area contributed by atoms with Crippen molar-refractivity contribution in [1.29, 1.82) is 0 Å². The van der Waals surface area contributed by atoms with E-state index in [0.717, 1.165) is 32.7 Å². The van der Waals surface area contributed by atoms with Gasteiger partial charge in [-0.1, -0.05) is 13.3 Å². The lowest BCUT2D eigenvalue weighted by Gasteiger charge is -2.31. The number of ether oxygens (including phenoxy) is 1. The fourth-order valence-corrected chi connectivity index (χ4v) is 2.94. The Bertz CT molecular complexity index is 287. The van der Waals surface area contributed by atoms with Gasteiger partial charge in [0.25, 0.3) is 0 Å². The predicted molar refractivity (Wildman–Crippen MR) is 79.8 cm³/mol. The Morgan fingerprint density at radius 1 is 1.40 bits per heavy atom. The summed E-state index contributed by atoms with van der Waals surface area (Å²) >= 11 is 0. The number of hydrogen-bond acceptors (Lipinski definition) is 4. The number of carbonyl (C=O) groups excluding carboxylic acids is 1. The number of morpholine rings is 1. The molecule has 0 aromatic rings. The number of rotatable bonds is 7. The highest BCUT2D eigenvalue weighted by atomic mass is 16.5. The number of hydrogen-bond donors (Lipinski definition) is 1. The molecule has 0 spiro atoms. The van der Waals surface area contributed by atoms with Crippen LogP contribution < -0.4 is 5.32 Å². The van der Waals surface area contributed by atoms with Crippen molar-refractivity contribution in [1.82, 2.24) is 15.1 Å². The minimum absolute atomic E-state index is 0.266. The third kappa shape index (κ3) is 5.04. The second-order valence-electron chi connectivity index (χ2n) is 5.88. The molecular formula is C15H29N3O2. The second-order valence-corrected chi connectivity index (χ2v) is 5.88. The Labute approximate surface area is 122 Å². The molecule has 116 valence electrons. The summed E-state index contributed by atoms with van der Waals surface area (Å²) in [5.41, 5.74) is 0. The van der Waals surface area contributed by atoms with Gasteiger partial charge < -0.3 is 15.0 Å². The molecule has 5 nitrogen and oxygen atoms in total. The molecule has 2 aliphatic heterocycles. The molecule has 20 heavy (non-hydrogen) atoms. The molecule has 1 amide bonds. The van der Waals surface area contributed by atoms with Crippen molar-refractivity contribution < 1.29 is 9.53 Å². The Hall–Kier alpha value is -0.650. The van der Waals surface area contributed by atoms with E-state index in [2.05, 4.69) is 17.1 Å². The molecule has 0 radical (unpaired) electrons. The van der Waals surface area contributed by atoms with E-state index < -0.39 is 0 Å². The van der Waals surface area contributed by atoms with Crippen molar-refractivity contribution in [2.24, 2.45) is 0 Å². The van der Waals surface area contributed by atoms with Gasteiger partial charge >= 0.3 is 0 Å². The van der Waals surface area contributed by atoms with E-state index in [1.807, 2.05) is 4.90 Å². The van der Waals surface area contributed by atoms with E-state index in [-0.39, 0.29) is 5.91 Å². The summed E-state index contributed by atoms with van der Waals surface area (Å²) in [6.07, 6.45) is 4.86. The van der Waals surface area contributed by atoms with Crippen molar-refractivity contribution in [3.8, 4) is 0 Å². The summed E-state index contributed by atoms with van der Waals surface area (Å²) in [6, 6.07) is 0.573. The van der Waals surface area contributed by atoms with Crippen molar-refractivity contribution >= 4 is 5.91 Å². The molecule has 0 aromatic carbocycles. The molecule has 5 heteroatoms. The lowest BCUT2D eigenvalue weighted by molar-refractivity contribution is -0.136.